The molecule has 3 nitrogen and oxygen atoms in total. The van der Waals surface area contributed by atoms with Crippen molar-refractivity contribution in [1.29, 1.82) is 5.26 Å². The molecule has 0 saturated carbocycles. The fraction of sp³-hybridized carbons (Fsp3) is 0.143. The molecule has 0 atom stereocenters. The minimum Gasteiger partial charge on any atom is -0.496 e. The van der Waals surface area contributed by atoms with Crippen molar-refractivity contribution in [3.05, 3.63) is 47.8 Å². The van der Waals surface area contributed by atoms with Crippen molar-refractivity contribution in [1.82, 2.24) is 4.98 Å². The van der Waals surface area contributed by atoms with Gasteiger partial charge in [-0.3, -0.25) is 4.98 Å². The Morgan fingerprint density at radius 3 is 2.55 bits per heavy atom. The number of nitriles is 1. The van der Waals surface area contributed by atoms with Crippen LogP contribution in [0.1, 0.15) is 11.1 Å². The van der Waals surface area contributed by atoms with Crippen molar-refractivity contribution in [2.24, 2.45) is 0 Å². The van der Waals surface area contributed by atoms with Crippen molar-refractivity contribution in [2.75, 3.05) is 7.11 Å². The number of methoxy groups -OCH3 is 1. The summed E-state index contributed by atoms with van der Waals surface area (Å²) in [5.41, 5.74) is -0.113. The molecule has 20 heavy (non-hydrogen) atoms. The average Bonchev–Trinajstić information content (AvgIpc) is 2.45. The zero-order valence-corrected chi connectivity index (χ0v) is 10.4. The van der Waals surface area contributed by atoms with Gasteiger partial charge in [-0.2, -0.15) is 18.4 Å². The van der Waals surface area contributed by atoms with Crippen LogP contribution in [-0.4, -0.2) is 12.1 Å². The van der Waals surface area contributed by atoms with Crippen molar-refractivity contribution in [2.45, 2.75) is 6.18 Å². The molecule has 1 heterocycles. The van der Waals surface area contributed by atoms with Gasteiger partial charge in [0, 0.05) is 23.5 Å². The smallest absolute Gasteiger partial charge is 0.416 e. The summed E-state index contributed by atoms with van der Waals surface area (Å²) in [7, 11) is 1.44. The van der Waals surface area contributed by atoms with Crippen LogP contribution in [0.2, 0.25) is 0 Å². The molecule has 2 aromatic rings. The standard InChI is InChI=1S/C14H9F3N2O/c1-20-13-4-5-19-8-12(13)11-3-2-10(14(15,16)17)6-9(11)7-18/h2-6,8H,1H3. The topological polar surface area (TPSA) is 45.9 Å². The minimum atomic E-state index is -4.48. The highest BCUT2D eigenvalue weighted by molar-refractivity contribution is 5.75. The van der Waals surface area contributed by atoms with Gasteiger partial charge in [-0.1, -0.05) is 6.07 Å². The highest BCUT2D eigenvalue weighted by Crippen LogP contribution is 2.35. The van der Waals surface area contributed by atoms with Gasteiger partial charge in [-0.05, 0) is 18.2 Å². The van der Waals surface area contributed by atoms with Crippen LogP contribution in [0.3, 0.4) is 0 Å². The summed E-state index contributed by atoms with van der Waals surface area (Å²) in [5.74, 6) is 0.441. The highest BCUT2D eigenvalue weighted by Gasteiger charge is 2.31. The number of pyridine rings is 1. The quantitative estimate of drug-likeness (QED) is 0.842. The molecular formula is C14H9F3N2O. The van der Waals surface area contributed by atoms with Gasteiger partial charge < -0.3 is 4.74 Å². The average molecular weight is 278 g/mol. The van der Waals surface area contributed by atoms with Gasteiger partial charge in [0.05, 0.1) is 24.3 Å². The first-order valence-electron chi connectivity index (χ1n) is 5.57. The zero-order chi connectivity index (χ0) is 14.8. The maximum absolute atomic E-state index is 12.6. The number of benzene rings is 1. The zero-order valence-electron chi connectivity index (χ0n) is 10.4. The minimum absolute atomic E-state index is 0.0777. The lowest BCUT2D eigenvalue weighted by molar-refractivity contribution is -0.137. The van der Waals surface area contributed by atoms with E-state index in [1.54, 1.807) is 12.1 Å². The Balaban J connectivity index is 2.62. The predicted molar refractivity (Wildman–Crippen MR) is 65.9 cm³/mol. The number of aromatic nitrogens is 1. The molecule has 0 bridgehead atoms. The van der Waals surface area contributed by atoms with Gasteiger partial charge >= 0.3 is 6.18 Å². The van der Waals surface area contributed by atoms with Crippen LogP contribution in [-0.2, 0) is 6.18 Å². The number of halogens is 3. The molecule has 1 aromatic carbocycles. The van der Waals surface area contributed by atoms with E-state index in [-0.39, 0.29) is 5.56 Å². The maximum Gasteiger partial charge on any atom is 0.416 e. The van der Waals surface area contributed by atoms with Crippen molar-refractivity contribution < 1.29 is 17.9 Å². The first-order valence-corrected chi connectivity index (χ1v) is 5.57. The second-order valence-electron chi connectivity index (χ2n) is 3.95. The lowest BCUT2D eigenvalue weighted by Crippen LogP contribution is -2.05. The van der Waals surface area contributed by atoms with E-state index in [1.807, 2.05) is 0 Å². The lowest BCUT2D eigenvalue weighted by atomic mass is 9.98. The molecule has 0 fully saturated rings. The molecule has 6 heteroatoms. The third-order valence-electron chi connectivity index (χ3n) is 2.76. The number of alkyl halides is 3. The van der Waals surface area contributed by atoms with E-state index in [0.717, 1.165) is 12.1 Å². The Bertz CT molecular complexity index is 675. The summed E-state index contributed by atoms with van der Waals surface area (Å²) in [6.07, 6.45) is -1.54. The first kappa shape index (κ1) is 13.9. The summed E-state index contributed by atoms with van der Waals surface area (Å²) in [5, 5.41) is 9.05. The number of hydrogen-bond acceptors (Lipinski definition) is 3. The van der Waals surface area contributed by atoms with Gasteiger partial charge in [0.25, 0.3) is 0 Å². The molecule has 102 valence electrons. The molecule has 0 aliphatic carbocycles. The van der Waals surface area contributed by atoms with Gasteiger partial charge in [0.1, 0.15) is 5.75 Å². The van der Waals surface area contributed by atoms with Crippen LogP contribution in [0.4, 0.5) is 13.2 Å². The highest BCUT2D eigenvalue weighted by atomic mass is 19.4. The van der Waals surface area contributed by atoms with E-state index in [9.17, 15) is 13.2 Å². The molecule has 0 N–H and O–H groups in total. The van der Waals surface area contributed by atoms with Crippen LogP contribution in [0.5, 0.6) is 5.75 Å². The third kappa shape index (κ3) is 2.57. The van der Waals surface area contributed by atoms with E-state index in [0.29, 0.717) is 16.9 Å². The van der Waals surface area contributed by atoms with Gasteiger partial charge in [0.15, 0.2) is 0 Å². The van der Waals surface area contributed by atoms with E-state index >= 15 is 0 Å². The molecule has 2 rings (SSSR count). The Hall–Kier alpha value is -2.55. The van der Waals surface area contributed by atoms with Gasteiger partial charge in [-0.15, -0.1) is 0 Å². The van der Waals surface area contributed by atoms with E-state index in [4.69, 9.17) is 10.00 Å². The summed E-state index contributed by atoms with van der Waals surface area (Å²) >= 11 is 0. The van der Waals surface area contributed by atoms with Crippen LogP contribution in [0, 0.1) is 11.3 Å². The second kappa shape index (κ2) is 5.21. The summed E-state index contributed by atoms with van der Waals surface area (Å²) in [4.78, 5) is 3.90. The van der Waals surface area contributed by atoms with Crippen molar-refractivity contribution in [3.8, 4) is 22.9 Å². The molecule has 0 aliphatic heterocycles. The number of rotatable bonds is 2. The summed E-state index contributed by atoms with van der Waals surface area (Å²) < 4.78 is 43.0. The molecule has 0 unspecified atom stereocenters. The van der Waals surface area contributed by atoms with E-state index in [2.05, 4.69) is 4.98 Å². The van der Waals surface area contributed by atoms with Gasteiger partial charge in [-0.25, -0.2) is 0 Å². The molecule has 0 aliphatic rings. The fourth-order valence-electron chi connectivity index (χ4n) is 1.81. The van der Waals surface area contributed by atoms with Crippen LogP contribution < -0.4 is 4.74 Å². The predicted octanol–water partition coefficient (Wildman–Crippen LogP) is 3.65. The number of nitrogens with zero attached hydrogens (tertiary/aromatic N) is 2. The SMILES string of the molecule is COc1ccncc1-c1ccc(C(F)(F)F)cc1C#N. The Morgan fingerprint density at radius 1 is 1.20 bits per heavy atom. The number of ether oxygens (including phenoxy) is 1. The van der Waals surface area contributed by atoms with E-state index in [1.165, 1.54) is 25.6 Å². The van der Waals surface area contributed by atoms with E-state index < -0.39 is 11.7 Å². The molecule has 0 saturated heterocycles. The molecule has 0 spiro atoms. The van der Waals surface area contributed by atoms with Crippen LogP contribution in [0.15, 0.2) is 36.7 Å². The maximum atomic E-state index is 12.6. The number of hydrogen-bond donors (Lipinski definition) is 0. The Kier molecular flexibility index (Phi) is 3.61. The lowest BCUT2D eigenvalue weighted by Gasteiger charge is -2.12. The van der Waals surface area contributed by atoms with Crippen LogP contribution in [0.25, 0.3) is 11.1 Å². The Morgan fingerprint density at radius 2 is 1.95 bits per heavy atom. The fourth-order valence-corrected chi connectivity index (χ4v) is 1.81. The third-order valence-corrected chi connectivity index (χ3v) is 2.76. The molecule has 0 amide bonds. The molecule has 1 aromatic heterocycles. The second-order valence-corrected chi connectivity index (χ2v) is 3.95. The molecular weight excluding hydrogens is 269 g/mol. The normalized spacial score (nSPS) is 10.9. The van der Waals surface area contributed by atoms with Crippen molar-refractivity contribution >= 4 is 0 Å². The summed E-state index contributed by atoms with van der Waals surface area (Å²) in [6.45, 7) is 0. The van der Waals surface area contributed by atoms with Gasteiger partial charge in [0.2, 0.25) is 0 Å². The first-order chi connectivity index (χ1) is 9.47. The summed E-state index contributed by atoms with van der Waals surface area (Å²) in [6, 6.07) is 6.36. The largest absolute Gasteiger partial charge is 0.496 e. The van der Waals surface area contributed by atoms with Crippen molar-refractivity contribution in [3.63, 3.8) is 0 Å². The Labute approximate surface area is 113 Å². The molecule has 0 radical (unpaired) electrons. The monoisotopic (exact) mass is 278 g/mol. The van der Waals surface area contributed by atoms with Crippen LogP contribution >= 0.6 is 0 Å².